The zero-order valence-electron chi connectivity index (χ0n) is 12.8. The van der Waals surface area contributed by atoms with E-state index in [0.717, 1.165) is 12.8 Å². The molecule has 0 rings (SSSR count). The summed E-state index contributed by atoms with van der Waals surface area (Å²) in [4.78, 5) is 0. The van der Waals surface area contributed by atoms with Gasteiger partial charge in [0.25, 0.3) is 0 Å². The van der Waals surface area contributed by atoms with Crippen LogP contribution >= 0.6 is 0 Å². The molecule has 0 saturated heterocycles. The lowest BCUT2D eigenvalue weighted by molar-refractivity contribution is 0.373. The summed E-state index contributed by atoms with van der Waals surface area (Å²) < 4.78 is 10.2. The van der Waals surface area contributed by atoms with Gasteiger partial charge in [-0.15, -0.1) is 0 Å². The molecule has 0 heterocycles. The van der Waals surface area contributed by atoms with E-state index in [0.29, 0.717) is 0 Å². The van der Waals surface area contributed by atoms with Crippen LogP contribution in [0.3, 0.4) is 0 Å². The first kappa shape index (κ1) is 18.1. The second-order valence-electron chi connectivity index (χ2n) is 4.81. The number of hydrogen-bond donors (Lipinski definition) is 0. The minimum absolute atomic E-state index is 1.08. The molecular formula is C16H30BO2. The molecule has 2 nitrogen and oxygen atoms in total. The molecule has 0 N–H and O–H groups in total. The molecule has 0 bridgehead atoms. The Bertz CT molecular complexity index is 193. The van der Waals surface area contributed by atoms with E-state index in [-0.39, 0.29) is 0 Å². The summed E-state index contributed by atoms with van der Waals surface area (Å²) in [5.74, 6) is 0. The standard InChI is InChI=1S/C16H30BO2/c1-3-5-7-9-11-13-15-18-17-19-16-14-12-10-8-6-4-2/h13-16H,3-12H2,1-2H3. The third-order valence-electron chi connectivity index (χ3n) is 2.91. The Morgan fingerprint density at radius 3 is 1.58 bits per heavy atom. The summed E-state index contributed by atoms with van der Waals surface area (Å²) in [5.41, 5.74) is 0. The first-order valence-electron chi connectivity index (χ1n) is 7.84. The van der Waals surface area contributed by atoms with E-state index in [1.807, 2.05) is 12.2 Å². The molecule has 0 atom stereocenters. The van der Waals surface area contributed by atoms with Gasteiger partial charge in [0.2, 0.25) is 0 Å². The molecular weight excluding hydrogens is 235 g/mol. The highest BCUT2D eigenvalue weighted by molar-refractivity contribution is 6.18. The first-order valence-corrected chi connectivity index (χ1v) is 7.84. The third kappa shape index (κ3) is 17.1. The summed E-state index contributed by atoms with van der Waals surface area (Å²) in [6, 6.07) is 0. The van der Waals surface area contributed by atoms with Gasteiger partial charge >= 0.3 is 7.69 Å². The molecule has 109 valence electrons. The molecule has 3 heteroatoms. The molecule has 19 heavy (non-hydrogen) atoms. The minimum Gasteiger partial charge on any atom is -0.533 e. The lowest BCUT2D eigenvalue weighted by Crippen LogP contribution is -1.94. The summed E-state index contributed by atoms with van der Waals surface area (Å²) in [5, 5.41) is 0. The zero-order valence-corrected chi connectivity index (χ0v) is 12.8. The molecule has 0 aromatic rings. The molecule has 0 spiro atoms. The molecule has 0 fully saturated rings. The summed E-state index contributed by atoms with van der Waals surface area (Å²) >= 11 is 0. The van der Waals surface area contributed by atoms with Gasteiger partial charge in [-0.05, 0) is 25.7 Å². The van der Waals surface area contributed by atoms with E-state index in [2.05, 4.69) is 13.8 Å². The number of hydrogen-bond acceptors (Lipinski definition) is 2. The van der Waals surface area contributed by atoms with Gasteiger partial charge < -0.3 is 9.31 Å². The van der Waals surface area contributed by atoms with E-state index in [1.165, 1.54) is 59.1 Å². The Morgan fingerprint density at radius 2 is 1.16 bits per heavy atom. The molecule has 0 aliphatic heterocycles. The first-order chi connectivity index (χ1) is 9.41. The largest absolute Gasteiger partial charge is 0.657 e. The Balaban J connectivity index is 3.12. The van der Waals surface area contributed by atoms with Crippen LogP contribution in [0.25, 0.3) is 0 Å². The van der Waals surface area contributed by atoms with Crippen molar-refractivity contribution in [3.63, 3.8) is 0 Å². The van der Waals surface area contributed by atoms with Gasteiger partial charge in [-0.25, -0.2) is 0 Å². The molecule has 0 aliphatic carbocycles. The van der Waals surface area contributed by atoms with E-state index < -0.39 is 0 Å². The van der Waals surface area contributed by atoms with Gasteiger partial charge in [-0.1, -0.05) is 64.5 Å². The van der Waals surface area contributed by atoms with Crippen LogP contribution < -0.4 is 0 Å². The van der Waals surface area contributed by atoms with Gasteiger partial charge in [-0.2, -0.15) is 0 Å². The summed E-state index contributed by atoms with van der Waals surface area (Å²) in [6.07, 6.45) is 20.0. The van der Waals surface area contributed by atoms with Gasteiger partial charge in [0.05, 0.1) is 12.5 Å². The predicted molar refractivity (Wildman–Crippen MR) is 83.7 cm³/mol. The third-order valence-corrected chi connectivity index (χ3v) is 2.91. The quantitative estimate of drug-likeness (QED) is 0.234. The second-order valence-corrected chi connectivity index (χ2v) is 4.81. The normalized spacial score (nSPS) is 11.3. The Kier molecular flexibility index (Phi) is 16.4. The fourth-order valence-electron chi connectivity index (χ4n) is 1.72. The second kappa shape index (κ2) is 17.1. The lowest BCUT2D eigenvalue weighted by atomic mass is 10.1. The van der Waals surface area contributed by atoms with Gasteiger partial charge in [0.1, 0.15) is 0 Å². The summed E-state index contributed by atoms with van der Waals surface area (Å²) in [6.45, 7) is 4.45. The van der Waals surface area contributed by atoms with Crippen LogP contribution in [-0.4, -0.2) is 7.69 Å². The van der Waals surface area contributed by atoms with Crippen molar-refractivity contribution in [2.45, 2.75) is 78.1 Å². The van der Waals surface area contributed by atoms with Gasteiger partial charge in [0, 0.05) is 0 Å². The Labute approximate surface area is 120 Å². The van der Waals surface area contributed by atoms with Crippen molar-refractivity contribution in [1.29, 1.82) is 0 Å². The van der Waals surface area contributed by atoms with Crippen LogP contribution in [0.2, 0.25) is 0 Å². The Morgan fingerprint density at radius 1 is 0.684 bits per heavy atom. The molecule has 0 aromatic carbocycles. The molecule has 0 aliphatic rings. The monoisotopic (exact) mass is 265 g/mol. The maximum atomic E-state index is 5.11. The predicted octanol–water partition coefficient (Wildman–Crippen LogP) is 5.52. The summed E-state index contributed by atoms with van der Waals surface area (Å²) in [7, 11) is 1.37. The number of unbranched alkanes of at least 4 members (excludes halogenated alkanes) is 8. The van der Waals surface area contributed by atoms with E-state index in [4.69, 9.17) is 9.31 Å². The van der Waals surface area contributed by atoms with Crippen molar-refractivity contribution in [3.05, 3.63) is 24.7 Å². The zero-order chi connectivity index (χ0) is 14.0. The fraction of sp³-hybridized carbons (Fsp3) is 0.750. The molecule has 0 saturated carbocycles. The number of rotatable bonds is 14. The maximum Gasteiger partial charge on any atom is 0.657 e. The highest BCUT2D eigenvalue weighted by Crippen LogP contribution is 2.03. The van der Waals surface area contributed by atoms with Gasteiger partial charge in [-0.3, -0.25) is 0 Å². The van der Waals surface area contributed by atoms with E-state index in [1.54, 1.807) is 12.5 Å². The van der Waals surface area contributed by atoms with Crippen LogP contribution in [0, 0.1) is 0 Å². The van der Waals surface area contributed by atoms with Crippen LogP contribution in [-0.2, 0) is 9.31 Å². The minimum atomic E-state index is 1.08. The molecule has 0 unspecified atom stereocenters. The van der Waals surface area contributed by atoms with Gasteiger partial charge in [0.15, 0.2) is 0 Å². The van der Waals surface area contributed by atoms with E-state index in [9.17, 15) is 0 Å². The smallest absolute Gasteiger partial charge is 0.533 e. The van der Waals surface area contributed by atoms with E-state index >= 15 is 0 Å². The van der Waals surface area contributed by atoms with Crippen molar-refractivity contribution in [3.8, 4) is 0 Å². The van der Waals surface area contributed by atoms with Crippen molar-refractivity contribution >= 4 is 7.69 Å². The van der Waals surface area contributed by atoms with Crippen molar-refractivity contribution in [2.24, 2.45) is 0 Å². The van der Waals surface area contributed by atoms with Crippen molar-refractivity contribution < 1.29 is 9.31 Å². The topological polar surface area (TPSA) is 18.5 Å². The highest BCUT2D eigenvalue weighted by atomic mass is 16.6. The molecule has 0 amide bonds. The van der Waals surface area contributed by atoms with Crippen molar-refractivity contribution in [2.75, 3.05) is 0 Å². The number of allylic oxidation sites excluding steroid dienone is 2. The van der Waals surface area contributed by atoms with Crippen LogP contribution in [0.4, 0.5) is 0 Å². The lowest BCUT2D eigenvalue weighted by Gasteiger charge is -1.97. The highest BCUT2D eigenvalue weighted by Gasteiger charge is 1.90. The molecule has 0 aromatic heterocycles. The molecule has 1 radical (unpaired) electrons. The fourth-order valence-corrected chi connectivity index (χ4v) is 1.72. The average molecular weight is 265 g/mol. The average Bonchev–Trinajstić information content (AvgIpc) is 2.43. The van der Waals surface area contributed by atoms with Crippen LogP contribution in [0.15, 0.2) is 24.7 Å². The maximum absolute atomic E-state index is 5.11. The van der Waals surface area contributed by atoms with Crippen LogP contribution in [0.1, 0.15) is 78.1 Å². The van der Waals surface area contributed by atoms with Crippen LogP contribution in [0.5, 0.6) is 0 Å². The SMILES string of the molecule is CCCCCCC=CO[B]OC=CCCCCCC. The Hall–Kier alpha value is -0.855. The van der Waals surface area contributed by atoms with Crippen molar-refractivity contribution in [1.82, 2.24) is 0 Å².